The summed E-state index contributed by atoms with van der Waals surface area (Å²) in [6.07, 6.45) is 1.41. The number of hydrazine groups is 1. The number of hydrogen-bond acceptors (Lipinski definition) is 5. The van der Waals surface area contributed by atoms with Crippen molar-refractivity contribution >= 4 is 46.8 Å². The smallest absolute Gasteiger partial charge is 0.282 e. The molecule has 34 heavy (non-hydrogen) atoms. The van der Waals surface area contributed by atoms with Crippen LogP contribution in [0.1, 0.15) is 5.56 Å². The molecule has 4 rings (SSSR count). The van der Waals surface area contributed by atoms with Gasteiger partial charge in [0.05, 0.1) is 12.8 Å². The summed E-state index contributed by atoms with van der Waals surface area (Å²) in [6, 6.07) is 20.4. The predicted molar refractivity (Wildman–Crippen MR) is 129 cm³/mol. The van der Waals surface area contributed by atoms with Gasteiger partial charge in [0.15, 0.2) is 18.1 Å². The summed E-state index contributed by atoms with van der Waals surface area (Å²) < 4.78 is 11.1. The molecule has 1 fully saturated rings. The average Bonchev–Trinajstić information content (AvgIpc) is 3.13. The number of nitrogens with one attached hydrogen (secondary N) is 2. The fraction of sp³-hybridized carbons (Fsp3) is 0.0800. The van der Waals surface area contributed by atoms with Gasteiger partial charge in [-0.2, -0.15) is 0 Å². The summed E-state index contributed by atoms with van der Waals surface area (Å²) >= 11 is 5.86. The van der Waals surface area contributed by atoms with E-state index < -0.39 is 17.7 Å². The first-order valence-corrected chi connectivity index (χ1v) is 10.6. The van der Waals surface area contributed by atoms with Crippen LogP contribution in [0.15, 0.2) is 78.4 Å². The maximum Gasteiger partial charge on any atom is 0.282 e. The minimum Gasteiger partial charge on any atom is -0.493 e. The van der Waals surface area contributed by atoms with Crippen LogP contribution < -0.4 is 25.2 Å². The van der Waals surface area contributed by atoms with Gasteiger partial charge in [-0.1, -0.05) is 41.9 Å². The van der Waals surface area contributed by atoms with Crippen molar-refractivity contribution in [3.8, 4) is 11.5 Å². The van der Waals surface area contributed by atoms with Gasteiger partial charge in [0.1, 0.15) is 5.57 Å². The Kier molecular flexibility index (Phi) is 6.79. The molecular formula is C25H20ClN3O5. The first-order valence-electron chi connectivity index (χ1n) is 10.2. The molecule has 0 radical (unpaired) electrons. The molecule has 0 aromatic heterocycles. The zero-order chi connectivity index (χ0) is 24.1. The zero-order valence-electron chi connectivity index (χ0n) is 18.1. The summed E-state index contributed by atoms with van der Waals surface area (Å²) in [6.45, 7) is -0.324. The molecule has 172 valence electrons. The Labute approximate surface area is 200 Å². The van der Waals surface area contributed by atoms with Crippen molar-refractivity contribution in [2.24, 2.45) is 0 Å². The van der Waals surface area contributed by atoms with Crippen LogP contribution in [0, 0.1) is 0 Å². The van der Waals surface area contributed by atoms with Gasteiger partial charge in [0.2, 0.25) is 0 Å². The molecule has 2 N–H and O–H groups in total. The van der Waals surface area contributed by atoms with E-state index in [0.717, 1.165) is 0 Å². The number of carbonyl (C=O) groups excluding carboxylic acids is 3. The largest absolute Gasteiger partial charge is 0.493 e. The van der Waals surface area contributed by atoms with Crippen LogP contribution in [-0.4, -0.2) is 31.4 Å². The molecule has 3 amide bonds. The minimum absolute atomic E-state index is 0.0763. The van der Waals surface area contributed by atoms with Gasteiger partial charge in [-0.15, -0.1) is 0 Å². The predicted octanol–water partition coefficient (Wildman–Crippen LogP) is 3.83. The Balaban J connectivity index is 1.55. The van der Waals surface area contributed by atoms with Crippen LogP contribution in [0.4, 0.5) is 11.4 Å². The van der Waals surface area contributed by atoms with Crippen molar-refractivity contribution in [3.63, 3.8) is 0 Å². The van der Waals surface area contributed by atoms with Crippen molar-refractivity contribution in [1.82, 2.24) is 5.43 Å². The monoisotopic (exact) mass is 477 g/mol. The van der Waals surface area contributed by atoms with Crippen molar-refractivity contribution in [1.29, 1.82) is 0 Å². The standard InChI is InChI=1S/C25H20ClN3O5/c1-33-21-9-5-6-16(23(21)34-15-22(30)27-18-12-10-17(26)11-13-18)14-20-24(31)28-29(25(20)32)19-7-3-2-4-8-19/h2-14H,15H2,1H3,(H,27,30)(H,28,31). The van der Waals surface area contributed by atoms with Gasteiger partial charge in [0, 0.05) is 16.3 Å². The fourth-order valence-corrected chi connectivity index (χ4v) is 3.43. The molecule has 1 aliphatic heterocycles. The summed E-state index contributed by atoms with van der Waals surface area (Å²) in [4.78, 5) is 37.8. The third kappa shape index (κ3) is 5.02. The molecule has 0 aliphatic carbocycles. The second kappa shape index (κ2) is 10.1. The molecule has 3 aromatic carbocycles. The Bertz CT molecular complexity index is 1260. The van der Waals surface area contributed by atoms with Crippen LogP contribution in [0.25, 0.3) is 6.08 Å². The van der Waals surface area contributed by atoms with Gasteiger partial charge < -0.3 is 14.8 Å². The number of methoxy groups -OCH3 is 1. The topological polar surface area (TPSA) is 97.0 Å². The van der Waals surface area contributed by atoms with E-state index in [2.05, 4.69) is 10.7 Å². The average molecular weight is 478 g/mol. The van der Waals surface area contributed by atoms with Gasteiger partial charge >= 0.3 is 0 Å². The molecule has 0 bridgehead atoms. The number of benzene rings is 3. The van der Waals surface area contributed by atoms with Gasteiger partial charge in [0.25, 0.3) is 17.7 Å². The molecule has 0 unspecified atom stereocenters. The lowest BCUT2D eigenvalue weighted by atomic mass is 10.1. The highest BCUT2D eigenvalue weighted by Crippen LogP contribution is 2.33. The Morgan fingerprint density at radius 2 is 1.76 bits per heavy atom. The number of para-hydroxylation sites is 2. The number of halogens is 1. The van der Waals surface area contributed by atoms with E-state index in [1.807, 2.05) is 6.07 Å². The molecule has 8 nitrogen and oxygen atoms in total. The first kappa shape index (κ1) is 22.9. The van der Waals surface area contributed by atoms with Gasteiger partial charge in [-0.25, -0.2) is 5.01 Å². The summed E-state index contributed by atoms with van der Waals surface area (Å²) in [5.74, 6) is -0.896. The third-order valence-electron chi connectivity index (χ3n) is 4.91. The molecule has 0 saturated carbocycles. The molecule has 1 aliphatic rings. The quantitative estimate of drug-likeness (QED) is 0.398. The molecule has 1 heterocycles. The van der Waals surface area contributed by atoms with Crippen LogP contribution in [-0.2, 0) is 14.4 Å². The number of nitrogens with zero attached hydrogens (tertiary/aromatic N) is 1. The minimum atomic E-state index is -0.553. The fourth-order valence-electron chi connectivity index (χ4n) is 3.30. The van der Waals surface area contributed by atoms with Crippen LogP contribution in [0.2, 0.25) is 5.02 Å². The van der Waals surface area contributed by atoms with Crippen molar-refractivity contribution in [2.75, 3.05) is 24.0 Å². The van der Waals surface area contributed by atoms with Crippen molar-refractivity contribution < 1.29 is 23.9 Å². The SMILES string of the molecule is COc1cccc(C=C2C(=O)NN(c3ccccc3)C2=O)c1OCC(=O)Nc1ccc(Cl)cc1. The lowest BCUT2D eigenvalue weighted by Crippen LogP contribution is -2.35. The number of anilines is 2. The Hall–Kier alpha value is -4.30. The second-order valence-corrected chi connectivity index (χ2v) is 7.63. The Morgan fingerprint density at radius 3 is 2.47 bits per heavy atom. The maximum absolute atomic E-state index is 12.9. The van der Waals surface area contributed by atoms with E-state index in [-0.39, 0.29) is 17.9 Å². The first-order chi connectivity index (χ1) is 16.5. The zero-order valence-corrected chi connectivity index (χ0v) is 18.8. The third-order valence-corrected chi connectivity index (χ3v) is 5.16. The molecule has 0 atom stereocenters. The molecule has 9 heteroatoms. The van der Waals surface area contributed by atoms with E-state index in [0.29, 0.717) is 27.7 Å². The molecule has 0 spiro atoms. The van der Waals surface area contributed by atoms with E-state index in [9.17, 15) is 14.4 Å². The molecular weight excluding hydrogens is 458 g/mol. The summed E-state index contributed by atoms with van der Waals surface area (Å²) in [7, 11) is 1.46. The second-order valence-electron chi connectivity index (χ2n) is 7.20. The number of rotatable bonds is 7. The van der Waals surface area contributed by atoms with Crippen molar-refractivity contribution in [2.45, 2.75) is 0 Å². The molecule has 3 aromatic rings. The van der Waals surface area contributed by atoms with Crippen LogP contribution in [0.5, 0.6) is 11.5 Å². The summed E-state index contributed by atoms with van der Waals surface area (Å²) in [5, 5.41) is 4.43. The van der Waals surface area contributed by atoms with Gasteiger partial charge in [-0.05, 0) is 48.5 Å². The molecule has 1 saturated heterocycles. The van der Waals surface area contributed by atoms with Gasteiger partial charge in [-0.3, -0.25) is 19.8 Å². The normalized spacial score (nSPS) is 14.2. The van der Waals surface area contributed by atoms with E-state index in [1.54, 1.807) is 66.7 Å². The highest BCUT2D eigenvalue weighted by Gasteiger charge is 2.34. The van der Waals surface area contributed by atoms with Crippen LogP contribution in [0.3, 0.4) is 0 Å². The van der Waals surface area contributed by atoms with E-state index in [4.69, 9.17) is 21.1 Å². The van der Waals surface area contributed by atoms with E-state index >= 15 is 0 Å². The van der Waals surface area contributed by atoms with Crippen LogP contribution >= 0.6 is 11.6 Å². The number of hydrogen-bond donors (Lipinski definition) is 2. The number of ether oxygens (including phenoxy) is 2. The lowest BCUT2D eigenvalue weighted by molar-refractivity contribution is -0.118. The Morgan fingerprint density at radius 1 is 1.03 bits per heavy atom. The maximum atomic E-state index is 12.9. The van der Waals surface area contributed by atoms with E-state index in [1.165, 1.54) is 18.2 Å². The lowest BCUT2D eigenvalue weighted by Gasteiger charge is -2.14. The highest BCUT2D eigenvalue weighted by molar-refractivity contribution is 6.31. The number of carbonyl (C=O) groups is 3. The number of amides is 3. The van der Waals surface area contributed by atoms with Crippen molar-refractivity contribution in [3.05, 3.63) is 89.0 Å². The highest BCUT2D eigenvalue weighted by atomic mass is 35.5. The summed E-state index contributed by atoms with van der Waals surface area (Å²) in [5.41, 5.74) is 3.98.